The average molecular weight is 631 g/mol. The summed E-state index contributed by atoms with van der Waals surface area (Å²) < 4.78 is 28.5. The number of aromatic nitrogens is 4. The average Bonchev–Trinajstić information content (AvgIpc) is 3.36. The largest absolute Gasteiger partial charge is 0.495 e. The third-order valence-electron chi connectivity index (χ3n) is 6.29. The van der Waals surface area contributed by atoms with Crippen LogP contribution in [0, 0.1) is 5.82 Å². The fraction of sp³-hybridized carbons (Fsp3) is 0.276. The number of ether oxygens (including phenoxy) is 2. The number of halogens is 3. The number of hydrogen-bond acceptors (Lipinski definition) is 7. The number of methoxy groups -OCH3 is 1. The molecule has 2 heterocycles. The molecule has 0 fully saturated rings. The number of nitrogens with one attached hydrogen (secondary N) is 1. The molecule has 2 aromatic heterocycles. The van der Waals surface area contributed by atoms with Crippen LogP contribution in [0.3, 0.4) is 0 Å². The fourth-order valence-corrected chi connectivity index (χ4v) is 4.62. The van der Waals surface area contributed by atoms with Crippen LogP contribution in [-0.4, -0.2) is 50.7 Å². The van der Waals surface area contributed by atoms with Crippen molar-refractivity contribution < 1.29 is 23.5 Å². The molecule has 0 saturated carbocycles. The van der Waals surface area contributed by atoms with Gasteiger partial charge >= 0.3 is 0 Å². The van der Waals surface area contributed by atoms with Gasteiger partial charge in [0.25, 0.3) is 11.5 Å². The van der Waals surface area contributed by atoms with Crippen LogP contribution in [0.1, 0.15) is 43.6 Å². The number of rotatable bonds is 10. The predicted molar refractivity (Wildman–Crippen MR) is 161 cm³/mol. The number of benzene rings is 2. The second-order valence-corrected chi connectivity index (χ2v) is 11.3. The molecule has 226 valence electrons. The lowest BCUT2D eigenvalue weighted by Gasteiger charge is -2.24. The Morgan fingerprint density at radius 2 is 1.84 bits per heavy atom. The maximum Gasteiger partial charge on any atom is 0.252 e. The van der Waals surface area contributed by atoms with Gasteiger partial charge in [0.2, 0.25) is 5.91 Å². The van der Waals surface area contributed by atoms with Crippen molar-refractivity contribution in [3.63, 3.8) is 0 Å². The Hall–Kier alpha value is -4.26. The summed E-state index contributed by atoms with van der Waals surface area (Å²) in [6.45, 7) is 5.71. The molecule has 2 aromatic carbocycles. The van der Waals surface area contributed by atoms with Gasteiger partial charge < -0.3 is 20.5 Å². The van der Waals surface area contributed by atoms with Gasteiger partial charge in [0.1, 0.15) is 17.6 Å². The number of pyridine rings is 1. The van der Waals surface area contributed by atoms with Crippen LogP contribution < -0.4 is 21.3 Å². The Kier molecular flexibility index (Phi) is 9.53. The van der Waals surface area contributed by atoms with Gasteiger partial charge in [0, 0.05) is 40.9 Å². The van der Waals surface area contributed by atoms with Crippen molar-refractivity contribution in [2.75, 3.05) is 19.0 Å². The number of primary amides is 1. The third kappa shape index (κ3) is 7.58. The van der Waals surface area contributed by atoms with Crippen molar-refractivity contribution in [2.45, 2.75) is 38.8 Å². The molecule has 2 amide bonds. The first-order valence-corrected chi connectivity index (χ1v) is 13.8. The van der Waals surface area contributed by atoms with Crippen LogP contribution in [0.25, 0.3) is 16.8 Å². The Morgan fingerprint density at radius 1 is 1.09 bits per heavy atom. The van der Waals surface area contributed by atoms with Crippen LogP contribution in [0.5, 0.6) is 5.75 Å². The zero-order valence-corrected chi connectivity index (χ0v) is 25.2. The molecular formula is C29H29Cl2FN6O5. The van der Waals surface area contributed by atoms with E-state index in [0.717, 1.165) is 6.07 Å². The molecule has 0 spiro atoms. The fourth-order valence-electron chi connectivity index (χ4n) is 4.32. The number of anilines is 1. The normalized spacial score (nSPS) is 12.2. The lowest BCUT2D eigenvalue weighted by molar-refractivity contribution is -0.120. The third-order valence-corrected chi connectivity index (χ3v) is 6.70. The Bertz CT molecular complexity index is 1730. The van der Waals surface area contributed by atoms with E-state index in [1.54, 1.807) is 18.2 Å². The molecule has 0 saturated heterocycles. The molecule has 0 bridgehead atoms. The van der Waals surface area contributed by atoms with Crippen LogP contribution in [0.4, 0.5) is 10.1 Å². The molecule has 11 nitrogen and oxygen atoms in total. The zero-order chi connectivity index (χ0) is 31.5. The Labute approximate surface area is 256 Å². The minimum Gasteiger partial charge on any atom is -0.495 e. The Balaban J connectivity index is 1.77. The highest BCUT2D eigenvalue weighted by Crippen LogP contribution is 2.35. The first kappa shape index (κ1) is 31.7. The van der Waals surface area contributed by atoms with Crippen molar-refractivity contribution in [3.8, 4) is 22.6 Å². The zero-order valence-electron chi connectivity index (χ0n) is 23.7. The maximum atomic E-state index is 14.4. The van der Waals surface area contributed by atoms with Gasteiger partial charge in [0.15, 0.2) is 5.15 Å². The second kappa shape index (κ2) is 12.9. The van der Waals surface area contributed by atoms with Gasteiger partial charge in [-0.05, 0) is 57.2 Å². The summed E-state index contributed by atoms with van der Waals surface area (Å²) >= 11 is 12.3. The van der Waals surface area contributed by atoms with Crippen molar-refractivity contribution >= 4 is 40.7 Å². The lowest BCUT2D eigenvalue weighted by atomic mass is 10.0. The number of carbonyl (C=O) groups excluding carboxylic acids is 2. The summed E-state index contributed by atoms with van der Waals surface area (Å²) in [4.78, 5) is 38.6. The van der Waals surface area contributed by atoms with E-state index in [1.807, 2.05) is 20.8 Å². The van der Waals surface area contributed by atoms with E-state index in [9.17, 15) is 18.8 Å². The molecule has 0 radical (unpaired) electrons. The molecule has 0 aliphatic heterocycles. The van der Waals surface area contributed by atoms with Crippen molar-refractivity contribution in [3.05, 3.63) is 86.8 Å². The number of amides is 2. The monoisotopic (exact) mass is 630 g/mol. The summed E-state index contributed by atoms with van der Waals surface area (Å²) in [5.41, 5.74) is 5.28. The van der Waals surface area contributed by atoms with Crippen LogP contribution in [-0.2, 0) is 9.53 Å². The molecule has 14 heteroatoms. The summed E-state index contributed by atoms with van der Waals surface area (Å²) in [5, 5.41) is 11.0. The van der Waals surface area contributed by atoms with E-state index < -0.39 is 34.8 Å². The number of hydrogen-bond donors (Lipinski definition) is 2. The number of nitrogens with two attached hydrogens (primary N) is 1. The number of carbonyl (C=O) groups is 2. The Morgan fingerprint density at radius 3 is 2.44 bits per heavy atom. The standard InChI is InChI=1S/C29H29Cl2FN6O5/c1-29(2,3)43-10-9-23(28(41)34-17-6-7-18(27(33)40)21(32)12-17)37-14-24(42-4)20(13-26(37)39)19-11-16(30)5-8-22(19)38-15-25(31)35-36-38/h5-8,11-15,23H,9-10H2,1-4H3,(H2,33,40)(H,34,41). The van der Waals surface area contributed by atoms with Gasteiger partial charge in [-0.1, -0.05) is 28.4 Å². The smallest absolute Gasteiger partial charge is 0.252 e. The second-order valence-electron chi connectivity index (χ2n) is 10.5. The topological polar surface area (TPSA) is 143 Å². The van der Waals surface area contributed by atoms with Crippen molar-refractivity contribution in [1.82, 2.24) is 19.6 Å². The van der Waals surface area contributed by atoms with E-state index in [1.165, 1.54) is 47.0 Å². The SMILES string of the molecule is COc1cn(C(CCOC(C)(C)C)C(=O)Nc2ccc(C(N)=O)c(F)c2)c(=O)cc1-c1cc(Cl)ccc1-n1cc(Cl)nn1. The molecular weight excluding hydrogens is 602 g/mol. The first-order valence-electron chi connectivity index (χ1n) is 13.0. The highest BCUT2D eigenvalue weighted by molar-refractivity contribution is 6.31. The predicted octanol–water partition coefficient (Wildman–Crippen LogP) is 5.03. The summed E-state index contributed by atoms with van der Waals surface area (Å²) in [6, 6.07) is 8.69. The molecule has 3 N–H and O–H groups in total. The van der Waals surface area contributed by atoms with E-state index in [2.05, 4.69) is 15.6 Å². The minimum absolute atomic E-state index is 0.0703. The van der Waals surface area contributed by atoms with E-state index in [-0.39, 0.29) is 35.2 Å². The van der Waals surface area contributed by atoms with Crippen molar-refractivity contribution in [1.29, 1.82) is 0 Å². The van der Waals surface area contributed by atoms with E-state index in [4.69, 9.17) is 38.4 Å². The molecule has 0 aliphatic carbocycles. The minimum atomic E-state index is -1.09. The first-order chi connectivity index (χ1) is 20.3. The van der Waals surface area contributed by atoms with Gasteiger partial charge in [-0.2, -0.15) is 0 Å². The van der Waals surface area contributed by atoms with Crippen molar-refractivity contribution in [2.24, 2.45) is 5.73 Å². The van der Waals surface area contributed by atoms with Gasteiger partial charge in [-0.15, -0.1) is 5.10 Å². The summed E-state index contributed by atoms with van der Waals surface area (Å²) in [5.74, 6) is -2.21. The van der Waals surface area contributed by atoms with Gasteiger partial charge in [-0.25, -0.2) is 9.07 Å². The highest BCUT2D eigenvalue weighted by Gasteiger charge is 2.26. The van der Waals surface area contributed by atoms with Gasteiger partial charge in [-0.3, -0.25) is 19.0 Å². The molecule has 4 rings (SSSR count). The molecule has 1 unspecified atom stereocenters. The van der Waals surface area contributed by atoms with Crippen LogP contribution >= 0.6 is 23.2 Å². The lowest BCUT2D eigenvalue weighted by Crippen LogP contribution is -2.34. The summed E-state index contributed by atoms with van der Waals surface area (Å²) in [7, 11) is 1.42. The molecule has 1 atom stereocenters. The summed E-state index contributed by atoms with van der Waals surface area (Å²) in [6.07, 6.45) is 3.00. The van der Waals surface area contributed by atoms with Crippen LogP contribution in [0.2, 0.25) is 10.2 Å². The van der Waals surface area contributed by atoms with Gasteiger partial charge in [0.05, 0.1) is 36.4 Å². The highest BCUT2D eigenvalue weighted by atomic mass is 35.5. The van der Waals surface area contributed by atoms with Crippen LogP contribution in [0.15, 0.2) is 59.7 Å². The quantitative estimate of drug-likeness (QED) is 0.250. The number of nitrogens with zero attached hydrogens (tertiary/aromatic N) is 4. The van der Waals surface area contributed by atoms with E-state index in [0.29, 0.717) is 21.8 Å². The molecule has 4 aromatic rings. The molecule has 0 aliphatic rings. The molecule has 43 heavy (non-hydrogen) atoms. The van der Waals surface area contributed by atoms with E-state index >= 15 is 0 Å². The maximum absolute atomic E-state index is 14.4.